The number of carbonyl (C=O) groups excluding carboxylic acids is 1. The zero-order chi connectivity index (χ0) is 21.4. The Bertz CT molecular complexity index is 712. The molecule has 2 N–H and O–H groups in total. The molecular weight excluding hydrogens is 402 g/mol. The van der Waals surface area contributed by atoms with E-state index in [1.165, 1.54) is 5.56 Å². The molecule has 8 heteroatoms. The molecule has 1 atom stereocenters. The first-order chi connectivity index (χ1) is 14.4. The highest BCUT2D eigenvalue weighted by atomic mass is 32.2. The second-order valence-electron chi connectivity index (χ2n) is 8.36. The van der Waals surface area contributed by atoms with Gasteiger partial charge < -0.3 is 24.8 Å². The number of nitrogens with zero attached hydrogens (tertiary/aromatic N) is 1. The first kappa shape index (κ1) is 22.8. The molecule has 0 bridgehead atoms. The molecule has 2 heterocycles. The monoisotopic (exact) mass is 435 g/mol. The van der Waals surface area contributed by atoms with Gasteiger partial charge in [-0.05, 0) is 44.9 Å². The Hall–Kier alpha value is -1.90. The molecule has 166 valence electrons. The van der Waals surface area contributed by atoms with E-state index in [9.17, 15) is 4.79 Å². The number of benzene rings is 1. The first-order valence-corrected chi connectivity index (χ1v) is 11.4. The zero-order valence-electron chi connectivity index (χ0n) is 18.1. The first-order valence-electron chi connectivity index (χ1n) is 10.5. The Morgan fingerprint density at radius 1 is 1.27 bits per heavy atom. The van der Waals surface area contributed by atoms with Crippen LogP contribution < -0.4 is 15.4 Å². The molecule has 1 amide bonds. The van der Waals surface area contributed by atoms with Crippen molar-refractivity contribution in [3.8, 4) is 5.75 Å². The van der Waals surface area contributed by atoms with Gasteiger partial charge in [-0.2, -0.15) is 0 Å². The number of amides is 1. The molecule has 3 rings (SSSR count). The molecular formula is C22H33N3O4S. The van der Waals surface area contributed by atoms with Crippen molar-refractivity contribution in [2.45, 2.75) is 38.2 Å². The van der Waals surface area contributed by atoms with E-state index in [-0.39, 0.29) is 5.37 Å². The van der Waals surface area contributed by atoms with Crippen LogP contribution in [0.1, 0.15) is 38.1 Å². The number of rotatable bonds is 8. The van der Waals surface area contributed by atoms with Gasteiger partial charge >= 0.3 is 6.09 Å². The third kappa shape index (κ3) is 7.74. The van der Waals surface area contributed by atoms with Gasteiger partial charge in [0, 0.05) is 30.7 Å². The van der Waals surface area contributed by atoms with Crippen LogP contribution in [-0.4, -0.2) is 62.6 Å². The van der Waals surface area contributed by atoms with Crippen molar-refractivity contribution in [1.82, 2.24) is 15.5 Å². The summed E-state index contributed by atoms with van der Waals surface area (Å²) in [6.07, 6.45) is 2.56. The lowest BCUT2D eigenvalue weighted by atomic mass is 10.2. The van der Waals surface area contributed by atoms with E-state index in [1.54, 1.807) is 11.8 Å². The normalized spacial score (nSPS) is 19.7. The van der Waals surface area contributed by atoms with Crippen LogP contribution in [-0.2, 0) is 9.47 Å². The minimum atomic E-state index is -0.492. The number of hydrogen-bond donors (Lipinski definition) is 2. The average Bonchev–Trinajstić information content (AvgIpc) is 3.19. The van der Waals surface area contributed by atoms with Crippen molar-refractivity contribution < 1.29 is 19.0 Å². The van der Waals surface area contributed by atoms with Crippen molar-refractivity contribution in [1.29, 1.82) is 0 Å². The van der Waals surface area contributed by atoms with Crippen LogP contribution in [0.15, 0.2) is 35.4 Å². The largest absolute Gasteiger partial charge is 0.494 e. The van der Waals surface area contributed by atoms with Gasteiger partial charge in [0.1, 0.15) is 16.7 Å². The van der Waals surface area contributed by atoms with Crippen LogP contribution in [0.4, 0.5) is 4.79 Å². The predicted octanol–water partition coefficient (Wildman–Crippen LogP) is 3.49. The fourth-order valence-electron chi connectivity index (χ4n) is 3.16. The van der Waals surface area contributed by atoms with Gasteiger partial charge in [-0.25, -0.2) is 4.79 Å². The van der Waals surface area contributed by atoms with Crippen molar-refractivity contribution in [2.24, 2.45) is 0 Å². The zero-order valence-corrected chi connectivity index (χ0v) is 18.9. The van der Waals surface area contributed by atoms with E-state index >= 15 is 0 Å². The van der Waals surface area contributed by atoms with Crippen LogP contribution in [0.25, 0.3) is 0 Å². The summed E-state index contributed by atoms with van der Waals surface area (Å²) in [4.78, 5) is 15.3. The molecule has 0 spiro atoms. The summed E-state index contributed by atoms with van der Waals surface area (Å²) in [5.41, 5.74) is 0.679. The van der Waals surface area contributed by atoms with Crippen LogP contribution in [0, 0.1) is 0 Å². The molecule has 1 saturated heterocycles. The second kappa shape index (κ2) is 10.9. The Morgan fingerprint density at radius 3 is 2.70 bits per heavy atom. The minimum absolute atomic E-state index is 0.135. The average molecular weight is 436 g/mol. The Labute approximate surface area is 183 Å². The molecule has 7 nitrogen and oxygen atoms in total. The summed E-state index contributed by atoms with van der Waals surface area (Å²) in [6.45, 7) is 11.5. The van der Waals surface area contributed by atoms with Gasteiger partial charge in [-0.1, -0.05) is 23.9 Å². The number of ether oxygens (including phenoxy) is 3. The van der Waals surface area contributed by atoms with Gasteiger partial charge in [-0.15, -0.1) is 0 Å². The summed E-state index contributed by atoms with van der Waals surface area (Å²) >= 11 is 1.69. The van der Waals surface area contributed by atoms with Crippen molar-refractivity contribution in [3.63, 3.8) is 0 Å². The molecule has 0 aromatic heterocycles. The summed E-state index contributed by atoms with van der Waals surface area (Å²) < 4.78 is 16.5. The molecule has 30 heavy (non-hydrogen) atoms. The van der Waals surface area contributed by atoms with E-state index in [1.807, 2.05) is 39.1 Å². The summed E-state index contributed by atoms with van der Waals surface area (Å²) in [5, 5.41) is 6.28. The van der Waals surface area contributed by atoms with Gasteiger partial charge in [-0.3, -0.25) is 4.90 Å². The van der Waals surface area contributed by atoms with Gasteiger partial charge in [0.25, 0.3) is 0 Å². The fourth-order valence-corrected chi connectivity index (χ4v) is 4.18. The number of morpholine rings is 1. The number of thioether (sulfide) groups is 1. The topological polar surface area (TPSA) is 72.1 Å². The van der Waals surface area contributed by atoms with Crippen LogP contribution >= 0.6 is 11.8 Å². The number of nitrogens with one attached hydrogen (secondary N) is 2. The molecule has 1 fully saturated rings. The van der Waals surface area contributed by atoms with Crippen molar-refractivity contribution in [2.75, 3.05) is 46.0 Å². The smallest absolute Gasteiger partial charge is 0.407 e. The summed E-state index contributed by atoms with van der Waals surface area (Å²) in [7, 11) is 0. The van der Waals surface area contributed by atoms with Crippen LogP contribution in [0.5, 0.6) is 5.75 Å². The van der Waals surface area contributed by atoms with E-state index in [0.29, 0.717) is 6.54 Å². The molecule has 0 saturated carbocycles. The Balaban J connectivity index is 1.34. The highest BCUT2D eigenvalue weighted by Gasteiger charge is 2.21. The van der Waals surface area contributed by atoms with Crippen molar-refractivity contribution in [3.05, 3.63) is 40.9 Å². The number of hydrogen-bond acceptors (Lipinski definition) is 7. The lowest BCUT2D eigenvalue weighted by Crippen LogP contribution is -2.37. The van der Waals surface area contributed by atoms with E-state index in [2.05, 4.69) is 27.7 Å². The molecule has 0 radical (unpaired) electrons. The maximum atomic E-state index is 11.8. The molecule has 1 aromatic carbocycles. The highest BCUT2D eigenvalue weighted by Crippen LogP contribution is 2.37. The molecule has 2 aliphatic rings. The molecule has 0 aliphatic carbocycles. The lowest BCUT2D eigenvalue weighted by molar-refractivity contribution is 0.0358. The standard InChI is InChI=1S/C22H33N3O4S/c1-22(2,3)29-21(26)24-16-19-15-23-20(30-19)17-5-7-18(8-6-17)28-12-4-9-25-10-13-27-14-11-25/h5-8,15,20,23H,4,9-14,16H2,1-3H3,(H,24,26). The quantitative estimate of drug-likeness (QED) is 0.606. The van der Waals surface area contributed by atoms with E-state index in [0.717, 1.165) is 56.5 Å². The summed E-state index contributed by atoms with van der Waals surface area (Å²) in [5.74, 6) is 0.892. The fraction of sp³-hybridized carbons (Fsp3) is 0.591. The van der Waals surface area contributed by atoms with E-state index < -0.39 is 11.7 Å². The van der Waals surface area contributed by atoms with Crippen LogP contribution in [0.3, 0.4) is 0 Å². The minimum Gasteiger partial charge on any atom is -0.494 e. The maximum Gasteiger partial charge on any atom is 0.407 e. The van der Waals surface area contributed by atoms with Gasteiger partial charge in [0.2, 0.25) is 0 Å². The SMILES string of the molecule is CC(C)(C)OC(=O)NCC1=CNC(c2ccc(OCCCN3CCOCC3)cc2)S1. The number of carbonyl (C=O) groups is 1. The molecule has 2 aliphatic heterocycles. The van der Waals surface area contributed by atoms with Gasteiger partial charge in [0.15, 0.2) is 0 Å². The number of alkyl carbamates (subject to hydrolysis) is 1. The Kier molecular flexibility index (Phi) is 8.30. The lowest BCUT2D eigenvalue weighted by Gasteiger charge is -2.26. The summed E-state index contributed by atoms with van der Waals surface area (Å²) in [6, 6.07) is 8.20. The van der Waals surface area contributed by atoms with E-state index in [4.69, 9.17) is 14.2 Å². The van der Waals surface area contributed by atoms with Crippen LogP contribution in [0.2, 0.25) is 0 Å². The molecule has 1 unspecified atom stereocenters. The molecule has 1 aromatic rings. The third-order valence-electron chi connectivity index (χ3n) is 4.64. The third-order valence-corrected chi connectivity index (χ3v) is 5.85. The Morgan fingerprint density at radius 2 is 2.00 bits per heavy atom. The highest BCUT2D eigenvalue weighted by molar-refractivity contribution is 8.03. The predicted molar refractivity (Wildman–Crippen MR) is 120 cm³/mol. The maximum absolute atomic E-state index is 11.8. The van der Waals surface area contributed by atoms with Crippen molar-refractivity contribution >= 4 is 17.9 Å². The van der Waals surface area contributed by atoms with Gasteiger partial charge in [0.05, 0.1) is 26.4 Å². The second-order valence-corrected chi connectivity index (χ2v) is 9.59.